The Morgan fingerprint density at radius 3 is 2.36 bits per heavy atom. The molecule has 2 unspecified atom stereocenters. The molecule has 0 amide bonds. The van der Waals surface area contributed by atoms with Crippen molar-refractivity contribution in [3.8, 4) is 0 Å². The molecule has 2 rings (SSSR count). The van der Waals surface area contributed by atoms with Crippen LogP contribution in [0.15, 0.2) is 35.3 Å². The van der Waals surface area contributed by atoms with E-state index in [1.165, 1.54) is 31.7 Å². The van der Waals surface area contributed by atoms with E-state index in [0.29, 0.717) is 5.92 Å². The van der Waals surface area contributed by atoms with E-state index in [-0.39, 0.29) is 30.0 Å². The molecular formula is C19H34IN5. The SMILES string of the molecule is CN=C(NCC(C)CN1CCN(C)CC1)NC(C)c1ccccc1.I. The van der Waals surface area contributed by atoms with Gasteiger partial charge in [-0.15, -0.1) is 24.0 Å². The maximum absolute atomic E-state index is 4.36. The molecule has 1 saturated heterocycles. The lowest BCUT2D eigenvalue weighted by molar-refractivity contribution is 0.139. The van der Waals surface area contributed by atoms with Crippen LogP contribution < -0.4 is 10.6 Å². The fourth-order valence-electron chi connectivity index (χ4n) is 3.03. The number of nitrogens with one attached hydrogen (secondary N) is 2. The topological polar surface area (TPSA) is 42.9 Å². The first-order valence-electron chi connectivity index (χ1n) is 9.01. The van der Waals surface area contributed by atoms with Crippen LogP contribution in [0.4, 0.5) is 0 Å². The van der Waals surface area contributed by atoms with Gasteiger partial charge < -0.3 is 20.4 Å². The molecule has 1 aromatic carbocycles. The summed E-state index contributed by atoms with van der Waals surface area (Å²) in [6, 6.07) is 10.7. The summed E-state index contributed by atoms with van der Waals surface area (Å²) in [5.41, 5.74) is 1.27. The van der Waals surface area contributed by atoms with Crippen molar-refractivity contribution in [3.63, 3.8) is 0 Å². The summed E-state index contributed by atoms with van der Waals surface area (Å²) in [6.07, 6.45) is 0. The summed E-state index contributed by atoms with van der Waals surface area (Å²) in [6.45, 7) is 11.3. The van der Waals surface area contributed by atoms with Crippen molar-refractivity contribution in [2.75, 3.05) is 53.4 Å². The van der Waals surface area contributed by atoms with Crippen molar-refractivity contribution < 1.29 is 0 Å². The highest BCUT2D eigenvalue weighted by atomic mass is 127. The molecule has 1 aromatic rings. The Labute approximate surface area is 170 Å². The van der Waals surface area contributed by atoms with Crippen LogP contribution in [0.1, 0.15) is 25.5 Å². The Bertz CT molecular complexity index is 500. The second-order valence-electron chi connectivity index (χ2n) is 6.94. The molecule has 2 atom stereocenters. The van der Waals surface area contributed by atoms with E-state index in [1.54, 1.807) is 0 Å². The van der Waals surface area contributed by atoms with Crippen LogP contribution in [0, 0.1) is 5.92 Å². The highest BCUT2D eigenvalue weighted by Gasteiger charge is 2.16. The molecule has 25 heavy (non-hydrogen) atoms. The van der Waals surface area contributed by atoms with E-state index in [2.05, 4.69) is 70.6 Å². The number of benzene rings is 1. The zero-order chi connectivity index (χ0) is 17.4. The van der Waals surface area contributed by atoms with Gasteiger partial charge in [-0.1, -0.05) is 37.3 Å². The summed E-state index contributed by atoms with van der Waals surface area (Å²) < 4.78 is 0. The molecule has 0 aliphatic carbocycles. The molecule has 1 aliphatic heterocycles. The van der Waals surface area contributed by atoms with Gasteiger partial charge in [-0.05, 0) is 25.5 Å². The van der Waals surface area contributed by atoms with Crippen LogP contribution in [0.5, 0.6) is 0 Å². The van der Waals surface area contributed by atoms with Crippen molar-refractivity contribution in [1.82, 2.24) is 20.4 Å². The molecule has 1 heterocycles. The maximum Gasteiger partial charge on any atom is 0.191 e. The highest BCUT2D eigenvalue weighted by molar-refractivity contribution is 14.0. The van der Waals surface area contributed by atoms with Crippen LogP contribution in [0.2, 0.25) is 0 Å². The monoisotopic (exact) mass is 459 g/mol. The second-order valence-corrected chi connectivity index (χ2v) is 6.94. The molecule has 6 heteroatoms. The standard InChI is InChI=1S/C19H33N5.HI/c1-16(15-24-12-10-23(4)11-13-24)14-21-19(20-3)22-17(2)18-8-6-5-7-9-18;/h5-9,16-17H,10-15H2,1-4H3,(H2,20,21,22);1H. The van der Waals surface area contributed by atoms with Gasteiger partial charge in [0.25, 0.3) is 0 Å². The minimum atomic E-state index is 0. The number of hydrogen-bond donors (Lipinski definition) is 2. The maximum atomic E-state index is 4.36. The van der Waals surface area contributed by atoms with Gasteiger partial charge in [0, 0.05) is 46.3 Å². The van der Waals surface area contributed by atoms with Gasteiger partial charge in [-0.25, -0.2) is 0 Å². The van der Waals surface area contributed by atoms with Gasteiger partial charge in [-0.3, -0.25) is 4.99 Å². The minimum absolute atomic E-state index is 0. The van der Waals surface area contributed by atoms with E-state index >= 15 is 0 Å². The Kier molecular flexibility index (Phi) is 10.4. The van der Waals surface area contributed by atoms with Gasteiger partial charge >= 0.3 is 0 Å². The molecule has 0 spiro atoms. The van der Waals surface area contributed by atoms with Crippen molar-refractivity contribution in [2.45, 2.75) is 19.9 Å². The van der Waals surface area contributed by atoms with Crippen LogP contribution in [-0.4, -0.2) is 69.1 Å². The number of likely N-dealkylation sites (N-methyl/N-ethyl adjacent to an activating group) is 1. The third-order valence-corrected chi connectivity index (χ3v) is 4.66. The number of piperazine rings is 1. The lowest BCUT2D eigenvalue weighted by atomic mass is 10.1. The number of nitrogens with zero attached hydrogens (tertiary/aromatic N) is 3. The van der Waals surface area contributed by atoms with E-state index < -0.39 is 0 Å². The smallest absolute Gasteiger partial charge is 0.191 e. The number of guanidine groups is 1. The first-order chi connectivity index (χ1) is 11.6. The lowest BCUT2D eigenvalue weighted by Crippen LogP contribution is -2.47. The van der Waals surface area contributed by atoms with E-state index in [4.69, 9.17) is 0 Å². The van der Waals surface area contributed by atoms with Crippen LogP contribution in [-0.2, 0) is 0 Å². The Hall–Kier alpha value is -0.860. The van der Waals surface area contributed by atoms with Crippen molar-refractivity contribution in [3.05, 3.63) is 35.9 Å². The normalized spacial score (nSPS) is 19.0. The summed E-state index contributed by atoms with van der Waals surface area (Å²) >= 11 is 0. The Balaban J connectivity index is 0.00000312. The second kappa shape index (κ2) is 11.7. The minimum Gasteiger partial charge on any atom is -0.356 e. The average Bonchev–Trinajstić information content (AvgIpc) is 2.61. The van der Waals surface area contributed by atoms with Crippen molar-refractivity contribution in [2.24, 2.45) is 10.9 Å². The molecule has 0 radical (unpaired) electrons. The van der Waals surface area contributed by atoms with Crippen molar-refractivity contribution >= 4 is 29.9 Å². The van der Waals surface area contributed by atoms with Crippen LogP contribution in [0.25, 0.3) is 0 Å². The predicted molar refractivity (Wildman–Crippen MR) is 118 cm³/mol. The summed E-state index contributed by atoms with van der Waals surface area (Å²) in [7, 11) is 4.03. The van der Waals surface area contributed by atoms with Gasteiger partial charge in [0.1, 0.15) is 0 Å². The number of rotatable bonds is 6. The zero-order valence-corrected chi connectivity index (χ0v) is 18.4. The Morgan fingerprint density at radius 1 is 1.12 bits per heavy atom. The predicted octanol–water partition coefficient (Wildman–Crippen LogP) is 2.41. The summed E-state index contributed by atoms with van der Waals surface area (Å²) in [5.74, 6) is 1.47. The average molecular weight is 459 g/mol. The van der Waals surface area contributed by atoms with Gasteiger partial charge in [-0.2, -0.15) is 0 Å². The fraction of sp³-hybridized carbons (Fsp3) is 0.632. The summed E-state index contributed by atoms with van der Waals surface area (Å²) in [4.78, 5) is 9.32. The zero-order valence-electron chi connectivity index (χ0n) is 16.0. The van der Waals surface area contributed by atoms with Gasteiger partial charge in [0.05, 0.1) is 6.04 Å². The molecule has 0 saturated carbocycles. The van der Waals surface area contributed by atoms with Crippen LogP contribution >= 0.6 is 24.0 Å². The Morgan fingerprint density at radius 2 is 1.76 bits per heavy atom. The summed E-state index contributed by atoms with van der Waals surface area (Å²) in [5, 5.41) is 6.94. The lowest BCUT2D eigenvalue weighted by Gasteiger charge is -2.34. The van der Waals surface area contributed by atoms with E-state index in [1.807, 2.05) is 13.1 Å². The van der Waals surface area contributed by atoms with Gasteiger partial charge in [0.2, 0.25) is 0 Å². The highest BCUT2D eigenvalue weighted by Crippen LogP contribution is 2.10. The quantitative estimate of drug-likeness (QED) is 0.390. The van der Waals surface area contributed by atoms with Crippen molar-refractivity contribution in [1.29, 1.82) is 0 Å². The molecule has 5 nitrogen and oxygen atoms in total. The van der Waals surface area contributed by atoms with Crippen LogP contribution in [0.3, 0.4) is 0 Å². The fourth-order valence-corrected chi connectivity index (χ4v) is 3.03. The third-order valence-electron chi connectivity index (χ3n) is 4.66. The van der Waals surface area contributed by atoms with Gasteiger partial charge in [0.15, 0.2) is 5.96 Å². The third kappa shape index (κ3) is 7.92. The molecule has 142 valence electrons. The molecule has 1 aliphatic rings. The molecule has 0 aromatic heterocycles. The van der Waals surface area contributed by atoms with E-state index in [9.17, 15) is 0 Å². The first kappa shape index (κ1) is 22.2. The first-order valence-corrected chi connectivity index (χ1v) is 9.01. The van der Waals surface area contributed by atoms with E-state index in [0.717, 1.165) is 19.0 Å². The number of halogens is 1. The molecule has 0 bridgehead atoms. The largest absolute Gasteiger partial charge is 0.356 e. The number of hydrogen-bond acceptors (Lipinski definition) is 3. The number of aliphatic imine (C=N–C) groups is 1. The molecule has 1 fully saturated rings. The molecular weight excluding hydrogens is 425 g/mol. The molecule has 2 N–H and O–H groups in total.